The highest BCUT2D eigenvalue weighted by Crippen LogP contribution is 2.24. The Morgan fingerprint density at radius 2 is 2.12 bits per heavy atom. The molecule has 0 spiro atoms. The van der Waals surface area contributed by atoms with Crippen molar-refractivity contribution < 1.29 is 14.6 Å². The number of aromatic carboxylic acids is 1. The van der Waals surface area contributed by atoms with Crippen LogP contribution in [0.4, 0.5) is 0 Å². The van der Waals surface area contributed by atoms with Crippen molar-refractivity contribution in [1.82, 2.24) is 4.98 Å². The lowest BCUT2D eigenvalue weighted by Gasteiger charge is -2.02. The lowest BCUT2D eigenvalue weighted by Crippen LogP contribution is -1.94. The molecule has 0 aliphatic carbocycles. The molecule has 1 aromatic carbocycles. The molecule has 1 heterocycles. The molecule has 2 rings (SSSR count). The summed E-state index contributed by atoms with van der Waals surface area (Å²) in [5.41, 5.74) is 1.56. The zero-order valence-electron chi connectivity index (χ0n) is 9.21. The van der Waals surface area contributed by atoms with E-state index < -0.39 is 5.97 Å². The fraction of sp³-hybridized carbons (Fsp3) is 0.167. The first-order valence-electron chi connectivity index (χ1n) is 5.12. The Morgan fingerprint density at radius 1 is 1.41 bits per heavy atom. The first-order chi connectivity index (χ1) is 8.20. The normalized spacial score (nSPS) is 10.2. The van der Waals surface area contributed by atoms with E-state index in [-0.39, 0.29) is 5.01 Å². The predicted octanol–water partition coefficient (Wildman–Crippen LogP) is 2.91. The van der Waals surface area contributed by atoms with Gasteiger partial charge in [0, 0.05) is 10.9 Å². The molecule has 4 nitrogen and oxygen atoms in total. The molecule has 0 amide bonds. The van der Waals surface area contributed by atoms with Crippen LogP contribution < -0.4 is 4.74 Å². The maximum atomic E-state index is 10.7. The summed E-state index contributed by atoms with van der Waals surface area (Å²) in [4.78, 5) is 14.7. The molecule has 0 aliphatic rings. The molecule has 1 N–H and O–H groups in total. The van der Waals surface area contributed by atoms with Crippen LogP contribution in [-0.4, -0.2) is 22.7 Å². The Labute approximate surface area is 103 Å². The Hall–Kier alpha value is -1.88. The lowest BCUT2D eigenvalue weighted by atomic mass is 10.2. The van der Waals surface area contributed by atoms with Gasteiger partial charge in [-0.1, -0.05) is 0 Å². The van der Waals surface area contributed by atoms with Crippen LogP contribution in [0.2, 0.25) is 0 Å². The van der Waals surface area contributed by atoms with Crippen molar-refractivity contribution in [2.24, 2.45) is 0 Å². The Morgan fingerprint density at radius 3 is 2.65 bits per heavy atom. The number of hydrogen-bond donors (Lipinski definition) is 1. The monoisotopic (exact) mass is 249 g/mol. The van der Waals surface area contributed by atoms with Gasteiger partial charge in [-0.3, -0.25) is 0 Å². The summed E-state index contributed by atoms with van der Waals surface area (Å²) in [6.45, 7) is 2.55. The van der Waals surface area contributed by atoms with Crippen LogP contribution in [0.25, 0.3) is 11.3 Å². The summed E-state index contributed by atoms with van der Waals surface area (Å²) >= 11 is 1.13. The van der Waals surface area contributed by atoms with E-state index in [1.165, 1.54) is 0 Å². The zero-order valence-corrected chi connectivity index (χ0v) is 10.0. The van der Waals surface area contributed by atoms with Crippen LogP contribution in [-0.2, 0) is 0 Å². The SMILES string of the molecule is CCOc1ccc(-c2csc(C(=O)O)n2)cc1. The van der Waals surface area contributed by atoms with E-state index in [9.17, 15) is 4.79 Å². The van der Waals surface area contributed by atoms with Crippen LogP contribution in [0.1, 0.15) is 16.7 Å². The molecule has 17 heavy (non-hydrogen) atoms. The minimum atomic E-state index is -0.993. The molecule has 0 fully saturated rings. The molecule has 1 aromatic heterocycles. The summed E-state index contributed by atoms with van der Waals surface area (Å²) in [6, 6.07) is 7.43. The number of nitrogens with zero attached hydrogens (tertiary/aromatic N) is 1. The van der Waals surface area contributed by atoms with Crippen LogP contribution in [0.3, 0.4) is 0 Å². The van der Waals surface area contributed by atoms with Crippen molar-refractivity contribution in [2.45, 2.75) is 6.92 Å². The molecule has 0 atom stereocenters. The number of benzene rings is 1. The minimum Gasteiger partial charge on any atom is -0.494 e. The second-order valence-corrected chi connectivity index (χ2v) is 4.16. The van der Waals surface area contributed by atoms with Crippen LogP contribution in [0, 0.1) is 0 Å². The smallest absolute Gasteiger partial charge is 0.365 e. The Bertz CT molecular complexity index is 519. The standard InChI is InChI=1S/C12H11NO3S/c1-2-16-9-5-3-8(4-6-9)10-7-17-11(13-10)12(14)15/h3-7H,2H2,1H3,(H,14,15). The summed E-state index contributed by atoms with van der Waals surface area (Å²) in [5.74, 6) is -0.197. The summed E-state index contributed by atoms with van der Waals surface area (Å²) in [5, 5.41) is 10.6. The fourth-order valence-electron chi connectivity index (χ4n) is 1.39. The molecule has 0 saturated carbocycles. The van der Waals surface area contributed by atoms with Gasteiger partial charge in [0.1, 0.15) is 5.75 Å². The number of carbonyl (C=O) groups is 1. The second kappa shape index (κ2) is 4.97. The van der Waals surface area contributed by atoms with Crippen molar-refractivity contribution in [3.8, 4) is 17.0 Å². The Kier molecular flexibility index (Phi) is 3.39. The van der Waals surface area contributed by atoms with Gasteiger partial charge < -0.3 is 9.84 Å². The highest BCUT2D eigenvalue weighted by Gasteiger charge is 2.10. The topological polar surface area (TPSA) is 59.4 Å². The predicted molar refractivity (Wildman–Crippen MR) is 65.7 cm³/mol. The number of rotatable bonds is 4. The van der Waals surface area contributed by atoms with Crippen molar-refractivity contribution in [1.29, 1.82) is 0 Å². The zero-order chi connectivity index (χ0) is 12.3. The molecule has 88 valence electrons. The number of hydrogen-bond acceptors (Lipinski definition) is 4. The molecule has 0 unspecified atom stereocenters. The molecule has 0 radical (unpaired) electrons. The number of carboxylic acid groups (broad SMARTS) is 1. The largest absolute Gasteiger partial charge is 0.494 e. The summed E-state index contributed by atoms with van der Waals surface area (Å²) in [6.07, 6.45) is 0. The van der Waals surface area contributed by atoms with Gasteiger partial charge >= 0.3 is 5.97 Å². The second-order valence-electron chi connectivity index (χ2n) is 3.30. The van der Waals surface area contributed by atoms with Gasteiger partial charge in [-0.25, -0.2) is 9.78 Å². The first kappa shape index (κ1) is 11.6. The number of carboxylic acids is 1. The number of thiazole rings is 1. The van der Waals surface area contributed by atoms with Gasteiger partial charge in [-0.2, -0.15) is 0 Å². The van der Waals surface area contributed by atoms with Crippen molar-refractivity contribution >= 4 is 17.3 Å². The third kappa shape index (κ3) is 2.62. The molecule has 0 aliphatic heterocycles. The molecule has 0 bridgehead atoms. The Balaban J connectivity index is 2.23. The molecule has 2 aromatic rings. The third-order valence-corrected chi connectivity index (χ3v) is 2.98. The van der Waals surface area contributed by atoms with E-state index in [1.807, 2.05) is 31.2 Å². The van der Waals surface area contributed by atoms with Crippen LogP contribution in [0.5, 0.6) is 5.75 Å². The molecule has 5 heteroatoms. The van der Waals surface area contributed by atoms with Gasteiger partial charge in [-0.15, -0.1) is 11.3 Å². The van der Waals surface area contributed by atoms with Crippen molar-refractivity contribution in [2.75, 3.05) is 6.61 Å². The van der Waals surface area contributed by atoms with Gasteiger partial charge in [-0.05, 0) is 31.2 Å². The minimum absolute atomic E-state index is 0.105. The first-order valence-corrected chi connectivity index (χ1v) is 6.00. The summed E-state index contributed by atoms with van der Waals surface area (Å²) < 4.78 is 5.33. The lowest BCUT2D eigenvalue weighted by molar-refractivity contribution is 0.0696. The average Bonchev–Trinajstić information content (AvgIpc) is 2.80. The molecular weight excluding hydrogens is 238 g/mol. The summed E-state index contributed by atoms with van der Waals surface area (Å²) in [7, 11) is 0. The highest BCUT2D eigenvalue weighted by molar-refractivity contribution is 7.11. The number of aromatic nitrogens is 1. The van der Waals surface area contributed by atoms with E-state index in [0.29, 0.717) is 12.3 Å². The van der Waals surface area contributed by atoms with Gasteiger partial charge in [0.05, 0.1) is 12.3 Å². The van der Waals surface area contributed by atoms with E-state index >= 15 is 0 Å². The van der Waals surface area contributed by atoms with Gasteiger partial charge in [0.15, 0.2) is 0 Å². The highest BCUT2D eigenvalue weighted by atomic mass is 32.1. The third-order valence-electron chi connectivity index (χ3n) is 2.15. The van der Waals surface area contributed by atoms with Gasteiger partial charge in [0.25, 0.3) is 0 Å². The van der Waals surface area contributed by atoms with E-state index in [4.69, 9.17) is 9.84 Å². The van der Waals surface area contributed by atoms with Crippen molar-refractivity contribution in [3.05, 3.63) is 34.7 Å². The van der Waals surface area contributed by atoms with Crippen LogP contribution >= 0.6 is 11.3 Å². The fourth-order valence-corrected chi connectivity index (χ4v) is 2.06. The number of ether oxygens (including phenoxy) is 1. The van der Waals surface area contributed by atoms with Crippen molar-refractivity contribution in [3.63, 3.8) is 0 Å². The van der Waals surface area contributed by atoms with E-state index in [1.54, 1.807) is 5.38 Å². The van der Waals surface area contributed by atoms with Crippen LogP contribution in [0.15, 0.2) is 29.6 Å². The molecular formula is C12H11NO3S. The molecule has 0 saturated heterocycles. The van der Waals surface area contributed by atoms with E-state index in [0.717, 1.165) is 22.6 Å². The quantitative estimate of drug-likeness (QED) is 0.905. The van der Waals surface area contributed by atoms with Gasteiger partial charge in [0.2, 0.25) is 5.01 Å². The van der Waals surface area contributed by atoms with E-state index in [2.05, 4.69) is 4.98 Å². The maximum Gasteiger partial charge on any atom is 0.365 e. The maximum absolute atomic E-state index is 10.7. The average molecular weight is 249 g/mol.